The highest BCUT2D eigenvalue weighted by Crippen LogP contribution is 2.39. The number of carbonyl (C=O) groups excluding carboxylic acids is 2. The van der Waals surface area contributed by atoms with Gasteiger partial charge in [-0.25, -0.2) is 4.98 Å². The molecule has 1 spiro atoms. The van der Waals surface area contributed by atoms with Crippen molar-refractivity contribution >= 4 is 22.8 Å². The van der Waals surface area contributed by atoms with Crippen LogP contribution >= 0.6 is 0 Å². The number of hydrogen-bond donors (Lipinski definition) is 0. The lowest BCUT2D eigenvalue weighted by molar-refractivity contribution is -0.151. The van der Waals surface area contributed by atoms with Crippen molar-refractivity contribution in [1.82, 2.24) is 19.4 Å². The maximum absolute atomic E-state index is 13.7. The molecule has 0 aliphatic carbocycles. The highest BCUT2D eigenvalue weighted by molar-refractivity contribution is 5.84. The van der Waals surface area contributed by atoms with Crippen LogP contribution in [0.5, 0.6) is 5.75 Å². The Morgan fingerprint density at radius 2 is 1.72 bits per heavy atom. The topological polar surface area (TPSA) is 67.7 Å². The van der Waals surface area contributed by atoms with E-state index in [0.29, 0.717) is 45.5 Å². The van der Waals surface area contributed by atoms with Gasteiger partial charge < -0.3 is 19.1 Å². The molecular weight excluding hydrogens is 509 g/mol. The van der Waals surface area contributed by atoms with Crippen LogP contribution in [0.4, 0.5) is 13.2 Å². The summed E-state index contributed by atoms with van der Waals surface area (Å²) in [6, 6.07) is 14.3. The van der Waals surface area contributed by atoms with Crippen molar-refractivity contribution in [2.24, 2.45) is 5.41 Å². The minimum absolute atomic E-state index is 0.0482. The number of alkyl halides is 3. The molecule has 0 radical (unpaired) electrons. The monoisotopic (exact) mass is 542 g/mol. The smallest absolute Gasteiger partial charge is 0.449 e. The molecule has 0 unspecified atom stereocenters. The normalized spacial score (nSPS) is 18.8. The number of likely N-dealkylation sites (tertiary alicyclic amines) is 1. The predicted octanol–water partition coefficient (Wildman–Crippen LogP) is 4.93. The number of piperidine rings is 1. The first-order valence-corrected chi connectivity index (χ1v) is 13.4. The summed E-state index contributed by atoms with van der Waals surface area (Å²) in [4.78, 5) is 33.9. The van der Waals surface area contributed by atoms with Crippen LogP contribution in [0.25, 0.3) is 11.0 Å². The Hall–Kier alpha value is -3.56. The van der Waals surface area contributed by atoms with E-state index in [4.69, 9.17) is 4.74 Å². The maximum atomic E-state index is 13.7. The molecule has 2 aliphatic rings. The molecule has 0 atom stereocenters. The lowest BCUT2D eigenvalue weighted by Crippen LogP contribution is -2.51. The number of halogens is 3. The molecule has 2 amide bonds. The van der Waals surface area contributed by atoms with Gasteiger partial charge in [0.25, 0.3) is 0 Å². The lowest BCUT2D eigenvalue weighted by atomic mass is 9.73. The van der Waals surface area contributed by atoms with Crippen molar-refractivity contribution in [2.45, 2.75) is 51.2 Å². The molecular formula is C29H33F3N4O3. The fourth-order valence-electron chi connectivity index (χ4n) is 5.87. The van der Waals surface area contributed by atoms with Gasteiger partial charge in [0.1, 0.15) is 18.9 Å². The van der Waals surface area contributed by atoms with Crippen LogP contribution in [0.2, 0.25) is 0 Å². The van der Waals surface area contributed by atoms with E-state index in [1.165, 1.54) is 12.1 Å². The van der Waals surface area contributed by atoms with Gasteiger partial charge in [-0.05, 0) is 55.9 Å². The molecule has 5 rings (SSSR count). The van der Waals surface area contributed by atoms with Crippen molar-refractivity contribution in [1.29, 1.82) is 0 Å². The van der Waals surface area contributed by atoms with Crippen LogP contribution in [-0.2, 0) is 28.7 Å². The van der Waals surface area contributed by atoms with Crippen LogP contribution in [0.3, 0.4) is 0 Å². The Labute approximate surface area is 225 Å². The summed E-state index contributed by atoms with van der Waals surface area (Å²) >= 11 is 0. The number of carbonyl (C=O) groups is 2. The standard InChI is InChI=1S/C29H33F3N4O3/c1-34-18-19-39-24-12-5-2-8-21(24)9-6-7-13-28(27(34)38)14-16-35(17-15-28)25(37)20-36-23-11-4-3-10-22(23)33-26(36)29(30,31)32/h2-5,8,10-12H,6-7,9,13-20H2,1H3. The number of aromatic nitrogens is 2. The Morgan fingerprint density at radius 1 is 1.00 bits per heavy atom. The van der Waals surface area contributed by atoms with E-state index in [9.17, 15) is 22.8 Å². The summed E-state index contributed by atoms with van der Waals surface area (Å²) in [5, 5.41) is 0. The van der Waals surface area contributed by atoms with Crippen LogP contribution in [0.1, 0.15) is 43.5 Å². The van der Waals surface area contributed by atoms with Crippen molar-refractivity contribution in [3.8, 4) is 5.75 Å². The van der Waals surface area contributed by atoms with Crippen molar-refractivity contribution in [2.75, 3.05) is 33.3 Å². The number of likely N-dealkylation sites (N-methyl/N-ethyl adjacent to an activating group) is 1. The van der Waals surface area contributed by atoms with E-state index in [2.05, 4.69) is 11.1 Å². The first-order chi connectivity index (χ1) is 18.7. The number of fused-ring (bicyclic) bond motifs is 2. The summed E-state index contributed by atoms with van der Waals surface area (Å²) in [5.41, 5.74) is 1.03. The van der Waals surface area contributed by atoms with Gasteiger partial charge in [0.05, 0.1) is 23.0 Å². The summed E-state index contributed by atoms with van der Waals surface area (Å²) in [6.45, 7) is 1.04. The zero-order valence-corrected chi connectivity index (χ0v) is 22.0. The summed E-state index contributed by atoms with van der Waals surface area (Å²) < 4.78 is 48.1. The Morgan fingerprint density at radius 3 is 2.49 bits per heavy atom. The summed E-state index contributed by atoms with van der Waals surface area (Å²) in [6.07, 6.45) is -0.368. The first kappa shape index (κ1) is 27.0. The molecule has 1 aromatic heterocycles. The third kappa shape index (κ3) is 5.60. The fourth-order valence-corrected chi connectivity index (χ4v) is 5.87. The molecule has 0 bridgehead atoms. The molecule has 10 heteroatoms. The number of rotatable bonds is 2. The molecule has 208 valence electrons. The van der Waals surface area contributed by atoms with E-state index >= 15 is 0 Å². The molecule has 0 N–H and O–H groups in total. The third-order valence-corrected chi connectivity index (χ3v) is 8.08. The van der Waals surface area contributed by atoms with Gasteiger partial charge in [-0.1, -0.05) is 36.8 Å². The van der Waals surface area contributed by atoms with E-state index in [1.54, 1.807) is 29.0 Å². The largest absolute Gasteiger partial charge is 0.491 e. The number of benzene rings is 2. The summed E-state index contributed by atoms with van der Waals surface area (Å²) in [5.74, 6) is -0.574. The Kier molecular flexibility index (Phi) is 7.55. The van der Waals surface area contributed by atoms with Gasteiger partial charge in [-0.2, -0.15) is 13.2 Å². The van der Waals surface area contributed by atoms with Crippen LogP contribution in [-0.4, -0.2) is 64.5 Å². The number of hydrogen-bond acceptors (Lipinski definition) is 4. The minimum atomic E-state index is -4.68. The highest BCUT2D eigenvalue weighted by atomic mass is 19.4. The quantitative estimate of drug-likeness (QED) is 0.461. The molecule has 2 aromatic carbocycles. The van der Waals surface area contributed by atoms with E-state index in [-0.39, 0.29) is 16.9 Å². The van der Waals surface area contributed by atoms with Crippen molar-refractivity contribution in [3.63, 3.8) is 0 Å². The number of imidazole rings is 1. The molecule has 7 nitrogen and oxygen atoms in total. The van der Waals surface area contributed by atoms with E-state index < -0.39 is 29.9 Å². The second kappa shape index (κ2) is 10.9. The Bertz CT molecular complexity index is 1350. The second-order valence-corrected chi connectivity index (χ2v) is 10.6. The maximum Gasteiger partial charge on any atom is 0.449 e. The number of nitrogens with zero attached hydrogens (tertiary/aromatic N) is 4. The molecule has 1 saturated heterocycles. The van der Waals surface area contributed by atoms with E-state index in [0.717, 1.165) is 35.1 Å². The zero-order chi connectivity index (χ0) is 27.6. The van der Waals surface area contributed by atoms with Crippen molar-refractivity contribution < 1.29 is 27.5 Å². The SMILES string of the molecule is CN1CCOc2ccccc2CCCCC2(CCN(C(=O)Cn3c(C(F)(F)F)nc4ccccc43)CC2)C1=O. The third-order valence-electron chi connectivity index (χ3n) is 8.08. The van der Waals surface area contributed by atoms with Gasteiger partial charge in [-0.15, -0.1) is 0 Å². The predicted molar refractivity (Wildman–Crippen MR) is 140 cm³/mol. The van der Waals surface area contributed by atoms with Gasteiger partial charge in [0.15, 0.2) is 0 Å². The average Bonchev–Trinajstić information content (AvgIpc) is 3.30. The van der Waals surface area contributed by atoms with Crippen LogP contribution in [0.15, 0.2) is 48.5 Å². The van der Waals surface area contributed by atoms with Gasteiger partial charge in [-0.3, -0.25) is 9.59 Å². The number of aryl methyl sites for hydroxylation is 1. The number of amides is 2. The lowest BCUT2D eigenvalue weighted by Gasteiger charge is -2.43. The minimum Gasteiger partial charge on any atom is -0.491 e. The highest BCUT2D eigenvalue weighted by Gasteiger charge is 2.44. The Balaban J connectivity index is 1.29. The summed E-state index contributed by atoms with van der Waals surface area (Å²) in [7, 11) is 1.78. The number of para-hydroxylation sites is 3. The molecule has 3 aromatic rings. The molecule has 3 heterocycles. The molecule has 39 heavy (non-hydrogen) atoms. The molecule has 2 aliphatic heterocycles. The zero-order valence-electron chi connectivity index (χ0n) is 22.0. The van der Waals surface area contributed by atoms with Crippen LogP contribution < -0.4 is 4.74 Å². The van der Waals surface area contributed by atoms with E-state index in [1.807, 2.05) is 18.2 Å². The first-order valence-electron chi connectivity index (χ1n) is 13.4. The van der Waals surface area contributed by atoms with Gasteiger partial charge in [0.2, 0.25) is 17.6 Å². The molecule has 1 fully saturated rings. The fraction of sp³-hybridized carbons (Fsp3) is 0.483. The van der Waals surface area contributed by atoms with Gasteiger partial charge in [0, 0.05) is 20.1 Å². The number of ether oxygens (including phenoxy) is 1. The van der Waals surface area contributed by atoms with Crippen molar-refractivity contribution in [3.05, 3.63) is 59.9 Å². The molecule has 0 saturated carbocycles. The second-order valence-electron chi connectivity index (χ2n) is 10.6. The van der Waals surface area contributed by atoms with Crippen LogP contribution in [0, 0.1) is 5.41 Å². The van der Waals surface area contributed by atoms with Gasteiger partial charge >= 0.3 is 6.18 Å². The average molecular weight is 543 g/mol.